The molecule has 3 heteroatoms. The molecular formula is C14H11BrO2. The van der Waals surface area contributed by atoms with Crippen molar-refractivity contribution in [3.8, 4) is 11.5 Å². The number of aliphatic hydroxyl groups is 1. The number of para-hydroxylation sites is 1. The molecule has 0 radical (unpaired) electrons. The SMILES string of the molecule is OCc1ccc2c(c1)Cc1cccc(Br)c1O2. The predicted octanol–water partition coefficient (Wildman–Crippen LogP) is 3.64. The van der Waals surface area contributed by atoms with E-state index < -0.39 is 0 Å². The minimum absolute atomic E-state index is 0.0681. The molecule has 0 bridgehead atoms. The van der Waals surface area contributed by atoms with Gasteiger partial charge in [-0.1, -0.05) is 18.2 Å². The van der Waals surface area contributed by atoms with Crippen LogP contribution in [0, 0.1) is 0 Å². The zero-order chi connectivity index (χ0) is 11.8. The van der Waals surface area contributed by atoms with E-state index in [9.17, 15) is 0 Å². The number of fused-ring (bicyclic) bond motifs is 2. The molecule has 0 saturated heterocycles. The fourth-order valence-corrected chi connectivity index (χ4v) is 2.58. The fourth-order valence-electron chi connectivity index (χ4n) is 2.09. The van der Waals surface area contributed by atoms with Crippen LogP contribution in [0.3, 0.4) is 0 Å². The monoisotopic (exact) mass is 290 g/mol. The van der Waals surface area contributed by atoms with Crippen molar-refractivity contribution in [2.24, 2.45) is 0 Å². The van der Waals surface area contributed by atoms with Crippen LogP contribution >= 0.6 is 15.9 Å². The summed E-state index contributed by atoms with van der Waals surface area (Å²) >= 11 is 3.50. The molecule has 2 aromatic carbocycles. The van der Waals surface area contributed by atoms with Gasteiger partial charge in [-0.25, -0.2) is 0 Å². The average Bonchev–Trinajstić information content (AvgIpc) is 2.36. The van der Waals surface area contributed by atoms with Crippen molar-refractivity contribution >= 4 is 15.9 Å². The third-order valence-corrected chi connectivity index (χ3v) is 3.57. The van der Waals surface area contributed by atoms with Gasteiger partial charge in [-0.05, 0) is 45.3 Å². The molecule has 0 atom stereocenters. The molecule has 3 rings (SSSR count). The van der Waals surface area contributed by atoms with Crippen LogP contribution in [0.4, 0.5) is 0 Å². The molecule has 0 aromatic heterocycles. The second kappa shape index (κ2) is 4.17. The lowest BCUT2D eigenvalue weighted by atomic mass is 9.99. The zero-order valence-corrected chi connectivity index (χ0v) is 10.7. The maximum atomic E-state index is 9.13. The van der Waals surface area contributed by atoms with Crippen LogP contribution < -0.4 is 4.74 Å². The van der Waals surface area contributed by atoms with Crippen molar-refractivity contribution in [3.63, 3.8) is 0 Å². The Balaban J connectivity index is 2.08. The van der Waals surface area contributed by atoms with Crippen molar-refractivity contribution in [2.75, 3.05) is 0 Å². The Labute approximate surface area is 108 Å². The van der Waals surface area contributed by atoms with Crippen LogP contribution in [-0.4, -0.2) is 5.11 Å². The van der Waals surface area contributed by atoms with Crippen LogP contribution in [0.1, 0.15) is 16.7 Å². The second-order valence-corrected chi connectivity index (χ2v) is 4.96. The lowest BCUT2D eigenvalue weighted by Crippen LogP contribution is -2.04. The van der Waals surface area contributed by atoms with E-state index in [2.05, 4.69) is 22.0 Å². The molecule has 0 fully saturated rings. The van der Waals surface area contributed by atoms with E-state index in [0.29, 0.717) is 0 Å². The number of ether oxygens (including phenoxy) is 1. The lowest BCUT2D eigenvalue weighted by molar-refractivity contribution is 0.281. The van der Waals surface area contributed by atoms with Crippen molar-refractivity contribution in [1.82, 2.24) is 0 Å². The quantitative estimate of drug-likeness (QED) is 0.741. The van der Waals surface area contributed by atoms with Crippen molar-refractivity contribution in [2.45, 2.75) is 13.0 Å². The number of aliphatic hydroxyl groups excluding tert-OH is 1. The molecular weight excluding hydrogens is 280 g/mol. The third kappa shape index (κ3) is 1.85. The highest BCUT2D eigenvalue weighted by Gasteiger charge is 2.18. The second-order valence-electron chi connectivity index (χ2n) is 4.11. The minimum atomic E-state index is 0.0681. The topological polar surface area (TPSA) is 29.5 Å². The summed E-state index contributed by atoms with van der Waals surface area (Å²) in [5, 5.41) is 9.13. The fraction of sp³-hybridized carbons (Fsp3) is 0.143. The molecule has 0 spiro atoms. The van der Waals surface area contributed by atoms with Crippen molar-refractivity contribution < 1.29 is 9.84 Å². The highest BCUT2D eigenvalue weighted by molar-refractivity contribution is 9.10. The molecule has 0 unspecified atom stereocenters. The van der Waals surface area contributed by atoms with Crippen LogP contribution in [0.2, 0.25) is 0 Å². The molecule has 0 aliphatic carbocycles. The van der Waals surface area contributed by atoms with Gasteiger partial charge >= 0.3 is 0 Å². The van der Waals surface area contributed by atoms with Gasteiger partial charge in [0.15, 0.2) is 0 Å². The van der Waals surface area contributed by atoms with Crippen LogP contribution in [0.15, 0.2) is 40.9 Å². The van der Waals surface area contributed by atoms with Gasteiger partial charge in [-0.15, -0.1) is 0 Å². The molecule has 2 aromatic rings. The smallest absolute Gasteiger partial charge is 0.145 e. The highest BCUT2D eigenvalue weighted by atomic mass is 79.9. The third-order valence-electron chi connectivity index (χ3n) is 2.95. The minimum Gasteiger partial charge on any atom is -0.456 e. The first-order chi connectivity index (χ1) is 8.28. The molecule has 0 saturated carbocycles. The summed E-state index contributed by atoms with van der Waals surface area (Å²) in [5.41, 5.74) is 3.22. The lowest BCUT2D eigenvalue weighted by Gasteiger charge is -2.21. The Bertz CT molecular complexity index is 578. The molecule has 1 aliphatic rings. The largest absolute Gasteiger partial charge is 0.456 e. The normalized spacial score (nSPS) is 12.6. The number of halogens is 1. The van der Waals surface area contributed by atoms with E-state index in [4.69, 9.17) is 9.84 Å². The van der Waals surface area contributed by atoms with Crippen molar-refractivity contribution in [1.29, 1.82) is 0 Å². The first-order valence-corrected chi connectivity index (χ1v) is 6.25. The number of rotatable bonds is 1. The predicted molar refractivity (Wildman–Crippen MR) is 69.4 cm³/mol. The summed E-state index contributed by atoms with van der Waals surface area (Å²) in [4.78, 5) is 0. The Kier molecular flexibility index (Phi) is 2.65. The average molecular weight is 291 g/mol. The van der Waals surface area contributed by atoms with Gasteiger partial charge < -0.3 is 9.84 Å². The van der Waals surface area contributed by atoms with E-state index in [0.717, 1.165) is 33.5 Å². The van der Waals surface area contributed by atoms with Gasteiger partial charge in [-0.2, -0.15) is 0 Å². The Morgan fingerprint density at radius 2 is 2.06 bits per heavy atom. The van der Waals surface area contributed by atoms with Crippen LogP contribution in [0.5, 0.6) is 11.5 Å². The summed E-state index contributed by atoms with van der Waals surface area (Å²) in [6.45, 7) is 0.0681. The summed E-state index contributed by atoms with van der Waals surface area (Å²) in [6.07, 6.45) is 0.845. The molecule has 1 aliphatic heterocycles. The summed E-state index contributed by atoms with van der Waals surface area (Å²) in [6, 6.07) is 11.9. The first-order valence-electron chi connectivity index (χ1n) is 5.46. The Hall–Kier alpha value is -1.32. The van der Waals surface area contributed by atoms with E-state index in [-0.39, 0.29) is 6.61 Å². The maximum Gasteiger partial charge on any atom is 0.145 e. The maximum absolute atomic E-state index is 9.13. The van der Waals surface area contributed by atoms with Crippen LogP contribution in [0.25, 0.3) is 0 Å². The van der Waals surface area contributed by atoms with Gasteiger partial charge in [0, 0.05) is 12.0 Å². The zero-order valence-electron chi connectivity index (χ0n) is 9.11. The molecule has 2 nitrogen and oxygen atoms in total. The first kappa shape index (κ1) is 10.8. The number of hydrogen-bond acceptors (Lipinski definition) is 2. The summed E-state index contributed by atoms with van der Waals surface area (Å²) in [7, 11) is 0. The van der Waals surface area contributed by atoms with E-state index >= 15 is 0 Å². The van der Waals surface area contributed by atoms with Gasteiger partial charge in [-0.3, -0.25) is 0 Å². The summed E-state index contributed by atoms with van der Waals surface area (Å²) in [5.74, 6) is 1.78. The van der Waals surface area contributed by atoms with Gasteiger partial charge in [0.2, 0.25) is 0 Å². The number of benzene rings is 2. The number of hydrogen-bond donors (Lipinski definition) is 1. The Morgan fingerprint density at radius 3 is 2.88 bits per heavy atom. The van der Waals surface area contributed by atoms with E-state index in [1.807, 2.05) is 30.3 Å². The summed E-state index contributed by atoms with van der Waals surface area (Å²) < 4.78 is 6.86. The van der Waals surface area contributed by atoms with E-state index in [1.54, 1.807) is 0 Å². The van der Waals surface area contributed by atoms with E-state index in [1.165, 1.54) is 5.56 Å². The van der Waals surface area contributed by atoms with Gasteiger partial charge in [0.25, 0.3) is 0 Å². The molecule has 1 heterocycles. The van der Waals surface area contributed by atoms with Gasteiger partial charge in [0.1, 0.15) is 11.5 Å². The highest BCUT2D eigenvalue weighted by Crippen LogP contribution is 2.40. The molecule has 0 amide bonds. The van der Waals surface area contributed by atoms with Crippen molar-refractivity contribution in [3.05, 3.63) is 57.6 Å². The molecule has 1 N–H and O–H groups in total. The van der Waals surface area contributed by atoms with Crippen LogP contribution in [-0.2, 0) is 13.0 Å². The molecule has 86 valence electrons. The standard InChI is InChI=1S/C14H11BrO2/c15-12-3-1-2-10-7-11-6-9(8-16)4-5-13(11)17-14(10)12/h1-6,16H,7-8H2. The molecule has 17 heavy (non-hydrogen) atoms. The Morgan fingerprint density at radius 1 is 1.18 bits per heavy atom. The van der Waals surface area contributed by atoms with Gasteiger partial charge in [0.05, 0.1) is 11.1 Å².